The second-order valence-electron chi connectivity index (χ2n) is 7.48. The number of anilines is 1. The van der Waals surface area contributed by atoms with E-state index in [1.807, 2.05) is 4.90 Å². The zero-order chi connectivity index (χ0) is 20.3. The minimum atomic E-state index is 0.112. The fraction of sp³-hybridized carbons (Fsp3) is 0.364. The Labute approximate surface area is 175 Å². The van der Waals surface area contributed by atoms with Crippen LogP contribution >= 0.6 is 23.1 Å². The first kappa shape index (κ1) is 20.8. The number of hydrogen-bond acceptors (Lipinski definition) is 4. The summed E-state index contributed by atoms with van der Waals surface area (Å²) in [5, 5.41) is 0.808. The van der Waals surface area contributed by atoms with Gasteiger partial charge in [0.05, 0.1) is 43.2 Å². The van der Waals surface area contributed by atoms with E-state index in [1.165, 1.54) is 20.7 Å². The number of aromatic nitrogens is 1. The fourth-order valence-corrected chi connectivity index (χ4v) is 4.81. The van der Waals surface area contributed by atoms with Gasteiger partial charge in [-0.15, -0.1) is 11.8 Å². The molecule has 0 unspecified atom stereocenters. The topological polar surface area (TPSA) is 37.6 Å². The van der Waals surface area contributed by atoms with Gasteiger partial charge in [0.25, 0.3) is 0 Å². The highest BCUT2D eigenvalue weighted by Crippen LogP contribution is 2.33. The van der Waals surface area contributed by atoms with E-state index >= 15 is 0 Å². The van der Waals surface area contributed by atoms with Gasteiger partial charge in [0.2, 0.25) is 5.91 Å². The third-order valence-electron chi connectivity index (χ3n) is 4.68. The fourth-order valence-electron chi connectivity index (χ4n) is 2.88. The van der Waals surface area contributed by atoms with Crippen LogP contribution in [-0.2, 0) is 4.79 Å². The molecule has 0 saturated carbocycles. The molecular weight excluding hydrogens is 386 g/mol. The lowest BCUT2D eigenvalue weighted by Gasteiger charge is -2.20. The molecule has 0 aliphatic heterocycles. The summed E-state index contributed by atoms with van der Waals surface area (Å²) in [6, 6.07) is 12.5. The summed E-state index contributed by atoms with van der Waals surface area (Å²) in [5.74, 6) is 0.529. The quantitative estimate of drug-likeness (QED) is 0.602. The second kappa shape index (κ2) is 9.07. The number of fused-ring (bicyclic) bond motifs is 1. The number of nitrogens with zero attached hydrogens (tertiary/aromatic N) is 2. The van der Waals surface area contributed by atoms with Crippen molar-refractivity contribution >= 4 is 44.4 Å². The van der Waals surface area contributed by atoms with Crippen molar-refractivity contribution in [3.63, 3.8) is 0 Å². The number of benzene rings is 2. The van der Waals surface area contributed by atoms with Gasteiger partial charge < -0.3 is 4.90 Å². The van der Waals surface area contributed by atoms with Crippen molar-refractivity contribution in [3.8, 4) is 0 Å². The van der Waals surface area contributed by atoms with Gasteiger partial charge >= 0.3 is 0 Å². The average molecular weight is 415 g/mol. The van der Waals surface area contributed by atoms with Crippen molar-refractivity contribution in [2.24, 2.45) is 0 Å². The van der Waals surface area contributed by atoms with E-state index in [-0.39, 0.29) is 5.91 Å². The molecule has 148 valence electrons. The van der Waals surface area contributed by atoms with Crippen LogP contribution in [0.5, 0.6) is 0 Å². The second-order valence-corrected chi connectivity index (χ2v) is 9.50. The van der Waals surface area contributed by atoms with Crippen molar-refractivity contribution in [1.82, 2.24) is 4.98 Å². The highest BCUT2D eigenvalue weighted by molar-refractivity contribution is 8.00. The summed E-state index contributed by atoms with van der Waals surface area (Å²) >= 11 is 3.21. The first-order chi connectivity index (χ1) is 13.3. The van der Waals surface area contributed by atoms with Gasteiger partial charge in [-0.05, 0) is 44.0 Å². The Morgan fingerprint density at radius 3 is 2.39 bits per heavy atom. The first-order valence-corrected chi connectivity index (χ1v) is 11.3. The van der Waals surface area contributed by atoms with E-state index in [2.05, 4.69) is 71.3 Å². The molecule has 1 N–H and O–H groups in total. The maximum Gasteiger partial charge on any atom is 0.239 e. The van der Waals surface area contributed by atoms with Crippen LogP contribution in [-0.4, -0.2) is 43.8 Å². The summed E-state index contributed by atoms with van der Waals surface area (Å²) in [6.07, 6.45) is 0. The standard InChI is InChI=1S/C22H27N3OS2/c1-15-6-10-18(11-7-15)27-14-19(26)25(13-12-24(4)5)22-23-20-16(2)8-9-17(3)21(20)28-22/h6-11H,12-14H2,1-5H3/p+1. The van der Waals surface area contributed by atoms with Crippen LogP contribution in [0.15, 0.2) is 41.3 Å². The molecule has 3 aromatic rings. The number of amides is 1. The molecule has 4 nitrogen and oxygen atoms in total. The Morgan fingerprint density at radius 2 is 1.75 bits per heavy atom. The van der Waals surface area contributed by atoms with Crippen LogP contribution < -0.4 is 9.80 Å². The third-order valence-corrected chi connectivity index (χ3v) is 6.89. The highest BCUT2D eigenvalue weighted by Gasteiger charge is 2.21. The van der Waals surface area contributed by atoms with E-state index in [0.29, 0.717) is 12.3 Å². The largest absolute Gasteiger partial charge is 0.338 e. The summed E-state index contributed by atoms with van der Waals surface area (Å²) in [7, 11) is 4.21. The van der Waals surface area contributed by atoms with E-state index in [9.17, 15) is 4.79 Å². The van der Waals surface area contributed by atoms with E-state index in [4.69, 9.17) is 4.98 Å². The smallest absolute Gasteiger partial charge is 0.239 e. The molecule has 0 spiro atoms. The number of aryl methyl sites for hydroxylation is 3. The van der Waals surface area contributed by atoms with Crippen LogP contribution in [0.2, 0.25) is 0 Å². The number of thiazole rings is 1. The van der Waals surface area contributed by atoms with Gasteiger partial charge in [0, 0.05) is 4.90 Å². The molecule has 0 radical (unpaired) electrons. The molecule has 6 heteroatoms. The molecule has 3 rings (SSSR count). The number of carbonyl (C=O) groups is 1. The van der Waals surface area contributed by atoms with Gasteiger partial charge in [0.1, 0.15) is 0 Å². The average Bonchev–Trinajstić information content (AvgIpc) is 3.10. The monoisotopic (exact) mass is 414 g/mol. The molecule has 0 bridgehead atoms. The first-order valence-electron chi connectivity index (χ1n) is 9.50. The molecule has 1 heterocycles. The predicted molar refractivity (Wildman–Crippen MR) is 121 cm³/mol. The number of carbonyl (C=O) groups excluding carboxylic acids is 1. The van der Waals surface area contributed by atoms with Crippen molar-refractivity contribution < 1.29 is 9.69 Å². The van der Waals surface area contributed by atoms with Gasteiger partial charge in [-0.25, -0.2) is 4.98 Å². The SMILES string of the molecule is Cc1ccc(SCC(=O)N(CC[NH+](C)C)c2nc3c(C)ccc(C)c3s2)cc1. The van der Waals surface area contributed by atoms with Crippen LogP contribution in [0, 0.1) is 20.8 Å². The number of nitrogens with one attached hydrogen (secondary N) is 1. The molecule has 2 aromatic carbocycles. The Kier molecular flexibility index (Phi) is 6.75. The van der Waals surface area contributed by atoms with Gasteiger partial charge in [-0.3, -0.25) is 9.69 Å². The van der Waals surface area contributed by atoms with Crippen LogP contribution in [0.3, 0.4) is 0 Å². The van der Waals surface area contributed by atoms with Crippen LogP contribution in [0.25, 0.3) is 10.2 Å². The van der Waals surface area contributed by atoms with Gasteiger partial charge in [-0.1, -0.05) is 41.2 Å². The van der Waals surface area contributed by atoms with Crippen molar-refractivity contribution in [2.75, 3.05) is 37.8 Å². The number of hydrogen-bond donors (Lipinski definition) is 1. The molecule has 0 atom stereocenters. The van der Waals surface area contributed by atoms with Crippen molar-refractivity contribution in [3.05, 3.63) is 53.1 Å². The zero-order valence-electron chi connectivity index (χ0n) is 17.2. The predicted octanol–water partition coefficient (Wildman–Crippen LogP) is 3.49. The summed E-state index contributed by atoms with van der Waals surface area (Å²) in [6.45, 7) is 7.81. The summed E-state index contributed by atoms with van der Waals surface area (Å²) in [4.78, 5) is 22.3. The molecule has 1 amide bonds. The van der Waals surface area contributed by atoms with Gasteiger partial charge in [0.15, 0.2) is 5.13 Å². The molecule has 0 aliphatic rings. The van der Waals surface area contributed by atoms with Gasteiger partial charge in [-0.2, -0.15) is 0 Å². The van der Waals surface area contributed by atoms with Crippen LogP contribution in [0.4, 0.5) is 5.13 Å². The van der Waals surface area contributed by atoms with E-state index in [0.717, 1.165) is 27.7 Å². The Hall–Kier alpha value is -1.89. The molecule has 0 aliphatic carbocycles. The maximum absolute atomic E-state index is 13.1. The lowest BCUT2D eigenvalue weighted by molar-refractivity contribution is -0.856. The summed E-state index contributed by atoms with van der Waals surface area (Å²) < 4.78 is 1.18. The normalized spacial score (nSPS) is 11.4. The zero-order valence-corrected chi connectivity index (χ0v) is 18.8. The molecular formula is C22H28N3OS2+. The minimum Gasteiger partial charge on any atom is -0.338 e. The van der Waals surface area contributed by atoms with E-state index < -0.39 is 0 Å². The Morgan fingerprint density at radius 1 is 1.07 bits per heavy atom. The minimum absolute atomic E-state index is 0.112. The molecule has 0 fully saturated rings. The highest BCUT2D eigenvalue weighted by atomic mass is 32.2. The summed E-state index contributed by atoms with van der Waals surface area (Å²) in [5.41, 5.74) is 4.61. The Bertz CT molecular complexity index is 925. The van der Waals surface area contributed by atoms with Crippen molar-refractivity contribution in [2.45, 2.75) is 25.7 Å². The third kappa shape index (κ3) is 4.93. The number of likely N-dealkylation sites (N-methyl/N-ethyl adjacent to an activating group) is 1. The van der Waals surface area contributed by atoms with Crippen molar-refractivity contribution in [1.29, 1.82) is 0 Å². The number of thioether (sulfide) groups is 1. The lowest BCUT2D eigenvalue weighted by atomic mass is 10.1. The molecule has 0 saturated heterocycles. The Balaban J connectivity index is 1.83. The van der Waals surface area contributed by atoms with E-state index in [1.54, 1.807) is 23.1 Å². The number of quaternary nitrogens is 1. The number of rotatable bonds is 7. The lowest BCUT2D eigenvalue weighted by Crippen LogP contribution is -3.06. The molecule has 1 aromatic heterocycles. The maximum atomic E-state index is 13.1. The van der Waals surface area contributed by atoms with Crippen LogP contribution in [0.1, 0.15) is 16.7 Å². The molecule has 28 heavy (non-hydrogen) atoms.